The lowest BCUT2D eigenvalue weighted by Crippen LogP contribution is -2.42. The zero-order valence-electron chi connectivity index (χ0n) is 14.6. The van der Waals surface area contributed by atoms with Crippen molar-refractivity contribution in [3.05, 3.63) is 42.7 Å². The summed E-state index contributed by atoms with van der Waals surface area (Å²) in [7, 11) is 0. The summed E-state index contributed by atoms with van der Waals surface area (Å²) in [5, 5.41) is 2.90. The Morgan fingerprint density at radius 2 is 1.58 bits per heavy atom. The Morgan fingerprint density at radius 3 is 2.19 bits per heavy atom. The van der Waals surface area contributed by atoms with Gasteiger partial charge >= 0.3 is 0 Å². The highest BCUT2D eigenvalue weighted by molar-refractivity contribution is 5.92. The molecule has 1 aliphatic carbocycles. The minimum atomic E-state index is -0.0629. The Labute approximate surface area is 152 Å². The average Bonchev–Trinajstić information content (AvgIpc) is 3.54. The number of carbonyl (C=O) groups excluding carboxylic acids is 2. The van der Waals surface area contributed by atoms with Gasteiger partial charge in [-0.05, 0) is 25.7 Å². The van der Waals surface area contributed by atoms with Crippen molar-refractivity contribution < 1.29 is 9.59 Å². The van der Waals surface area contributed by atoms with Crippen LogP contribution in [0.1, 0.15) is 25.7 Å². The van der Waals surface area contributed by atoms with Gasteiger partial charge in [0.25, 0.3) is 0 Å². The van der Waals surface area contributed by atoms with E-state index in [1.165, 1.54) is 0 Å². The van der Waals surface area contributed by atoms with Gasteiger partial charge in [0, 0.05) is 30.5 Å². The number of hydrogen-bond acceptors (Lipinski definition) is 4. The van der Waals surface area contributed by atoms with Crippen LogP contribution in [-0.2, 0) is 9.59 Å². The van der Waals surface area contributed by atoms with Crippen molar-refractivity contribution in [2.75, 3.05) is 18.4 Å². The first-order valence-electron chi connectivity index (χ1n) is 9.18. The second-order valence-corrected chi connectivity index (χ2v) is 7.02. The fourth-order valence-electron chi connectivity index (χ4n) is 3.32. The minimum Gasteiger partial charge on any atom is -0.342 e. The van der Waals surface area contributed by atoms with Crippen molar-refractivity contribution in [3.8, 4) is 11.4 Å². The molecule has 0 bridgehead atoms. The predicted molar refractivity (Wildman–Crippen MR) is 98.1 cm³/mol. The van der Waals surface area contributed by atoms with E-state index in [9.17, 15) is 9.59 Å². The summed E-state index contributed by atoms with van der Waals surface area (Å²) in [6.07, 6.45) is 6.76. The van der Waals surface area contributed by atoms with Gasteiger partial charge in [0.05, 0.1) is 18.1 Å². The first-order valence-corrected chi connectivity index (χ1v) is 9.18. The Hall–Kier alpha value is -2.76. The van der Waals surface area contributed by atoms with E-state index in [1.54, 1.807) is 12.4 Å². The molecule has 2 heterocycles. The van der Waals surface area contributed by atoms with Crippen LogP contribution in [0.25, 0.3) is 11.4 Å². The standard InChI is InChI=1S/C20H22N4O2/c25-19(15-8-10-24(11-9-15)20(26)16-6-7-16)23-17-12-21-18(22-13-17)14-4-2-1-3-5-14/h1-5,12-13,15-16H,6-11H2,(H,23,25). The molecule has 1 saturated heterocycles. The molecular formula is C20H22N4O2. The third-order valence-corrected chi connectivity index (χ3v) is 5.06. The van der Waals surface area contributed by atoms with Gasteiger partial charge < -0.3 is 10.2 Å². The van der Waals surface area contributed by atoms with Gasteiger partial charge in [0.2, 0.25) is 11.8 Å². The van der Waals surface area contributed by atoms with Crippen molar-refractivity contribution in [3.63, 3.8) is 0 Å². The fraction of sp³-hybridized carbons (Fsp3) is 0.400. The van der Waals surface area contributed by atoms with Crippen molar-refractivity contribution in [1.82, 2.24) is 14.9 Å². The van der Waals surface area contributed by atoms with Crippen molar-refractivity contribution in [2.24, 2.45) is 11.8 Å². The van der Waals surface area contributed by atoms with E-state index >= 15 is 0 Å². The van der Waals surface area contributed by atoms with Gasteiger partial charge in [-0.25, -0.2) is 9.97 Å². The zero-order chi connectivity index (χ0) is 17.9. The molecule has 2 fully saturated rings. The summed E-state index contributed by atoms with van der Waals surface area (Å²) >= 11 is 0. The number of likely N-dealkylation sites (tertiary alicyclic amines) is 1. The van der Waals surface area contributed by atoms with Crippen LogP contribution < -0.4 is 5.32 Å². The molecule has 1 saturated carbocycles. The number of piperidine rings is 1. The molecule has 0 atom stereocenters. The smallest absolute Gasteiger partial charge is 0.227 e. The number of nitrogens with zero attached hydrogens (tertiary/aromatic N) is 3. The number of carbonyl (C=O) groups is 2. The maximum Gasteiger partial charge on any atom is 0.227 e. The van der Waals surface area contributed by atoms with Crippen LogP contribution in [0.3, 0.4) is 0 Å². The number of anilines is 1. The lowest BCUT2D eigenvalue weighted by atomic mass is 9.95. The lowest BCUT2D eigenvalue weighted by molar-refractivity contribution is -0.135. The maximum atomic E-state index is 12.5. The Bertz CT molecular complexity index is 779. The molecule has 0 radical (unpaired) electrons. The zero-order valence-corrected chi connectivity index (χ0v) is 14.6. The molecule has 2 aromatic rings. The van der Waals surface area contributed by atoms with E-state index < -0.39 is 0 Å². The highest BCUT2D eigenvalue weighted by atomic mass is 16.2. The van der Waals surface area contributed by atoms with Crippen LogP contribution in [0.4, 0.5) is 5.69 Å². The normalized spacial score (nSPS) is 17.8. The third kappa shape index (κ3) is 3.74. The minimum absolute atomic E-state index is 0.0143. The molecule has 4 rings (SSSR count). The van der Waals surface area contributed by atoms with Gasteiger partial charge in [-0.2, -0.15) is 0 Å². The summed E-state index contributed by atoms with van der Waals surface area (Å²) in [5.41, 5.74) is 1.55. The highest BCUT2D eigenvalue weighted by Gasteiger charge is 2.35. The molecule has 2 amide bonds. The summed E-state index contributed by atoms with van der Waals surface area (Å²) in [6, 6.07) is 9.72. The van der Waals surface area contributed by atoms with E-state index in [0.29, 0.717) is 37.4 Å². The van der Waals surface area contributed by atoms with Crippen LogP contribution in [0, 0.1) is 11.8 Å². The van der Waals surface area contributed by atoms with Gasteiger partial charge in [-0.15, -0.1) is 0 Å². The van der Waals surface area contributed by atoms with Crippen LogP contribution >= 0.6 is 0 Å². The number of benzene rings is 1. The number of aromatic nitrogens is 2. The van der Waals surface area contributed by atoms with E-state index in [-0.39, 0.29) is 23.7 Å². The second kappa shape index (κ2) is 7.23. The van der Waals surface area contributed by atoms with Gasteiger partial charge in [0.1, 0.15) is 0 Å². The van der Waals surface area contributed by atoms with E-state index in [2.05, 4.69) is 15.3 Å². The van der Waals surface area contributed by atoms with Crippen LogP contribution in [0.15, 0.2) is 42.7 Å². The molecule has 0 unspecified atom stereocenters. The highest BCUT2D eigenvalue weighted by Crippen LogP contribution is 2.32. The quantitative estimate of drug-likeness (QED) is 0.920. The van der Waals surface area contributed by atoms with E-state index in [4.69, 9.17) is 0 Å². The molecule has 134 valence electrons. The SMILES string of the molecule is O=C(Nc1cnc(-c2ccccc2)nc1)C1CCN(C(=O)C2CC2)CC1. The maximum absolute atomic E-state index is 12.5. The van der Waals surface area contributed by atoms with Gasteiger partial charge in [-0.3, -0.25) is 9.59 Å². The molecule has 0 spiro atoms. The molecular weight excluding hydrogens is 328 g/mol. The summed E-state index contributed by atoms with van der Waals surface area (Å²) in [5.74, 6) is 1.08. The van der Waals surface area contributed by atoms with Crippen LogP contribution in [-0.4, -0.2) is 39.8 Å². The second-order valence-electron chi connectivity index (χ2n) is 7.02. The average molecular weight is 350 g/mol. The molecule has 6 heteroatoms. The largest absolute Gasteiger partial charge is 0.342 e. The first kappa shape index (κ1) is 16.7. The van der Waals surface area contributed by atoms with Gasteiger partial charge in [-0.1, -0.05) is 30.3 Å². The molecule has 1 aliphatic heterocycles. The van der Waals surface area contributed by atoms with Crippen LogP contribution in [0.2, 0.25) is 0 Å². The Morgan fingerprint density at radius 1 is 0.923 bits per heavy atom. The predicted octanol–water partition coefficient (Wildman–Crippen LogP) is 2.73. The molecule has 1 aromatic carbocycles. The van der Waals surface area contributed by atoms with Crippen molar-refractivity contribution in [2.45, 2.75) is 25.7 Å². The topological polar surface area (TPSA) is 75.2 Å². The third-order valence-electron chi connectivity index (χ3n) is 5.06. The Kier molecular flexibility index (Phi) is 4.65. The number of nitrogens with one attached hydrogen (secondary N) is 1. The van der Waals surface area contributed by atoms with E-state index in [0.717, 1.165) is 18.4 Å². The number of amides is 2. The number of rotatable bonds is 4. The van der Waals surface area contributed by atoms with Crippen molar-refractivity contribution >= 4 is 17.5 Å². The molecule has 26 heavy (non-hydrogen) atoms. The van der Waals surface area contributed by atoms with Gasteiger partial charge in [0.15, 0.2) is 5.82 Å². The monoisotopic (exact) mass is 350 g/mol. The lowest BCUT2D eigenvalue weighted by Gasteiger charge is -2.31. The molecule has 6 nitrogen and oxygen atoms in total. The molecule has 1 aromatic heterocycles. The fourth-order valence-corrected chi connectivity index (χ4v) is 3.32. The first-order chi connectivity index (χ1) is 12.7. The van der Waals surface area contributed by atoms with Crippen molar-refractivity contribution in [1.29, 1.82) is 0 Å². The Balaban J connectivity index is 1.31. The molecule has 1 N–H and O–H groups in total. The summed E-state index contributed by atoms with van der Waals surface area (Å²) < 4.78 is 0. The number of hydrogen-bond donors (Lipinski definition) is 1. The van der Waals surface area contributed by atoms with Crippen LogP contribution in [0.5, 0.6) is 0 Å². The van der Waals surface area contributed by atoms with E-state index in [1.807, 2.05) is 35.2 Å². The summed E-state index contributed by atoms with van der Waals surface area (Å²) in [4.78, 5) is 35.1. The summed E-state index contributed by atoms with van der Waals surface area (Å²) in [6.45, 7) is 1.35. The molecule has 2 aliphatic rings.